The van der Waals surface area contributed by atoms with Crippen molar-refractivity contribution in [2.45, 2.75) is 69.4 Å². The summed E-state index contributed by atoms with van der Waals surface area (Å²) in [4.78, 5) is 62.6. The number of aliphatic hydroxyl groups is 4. The quantitative estimate of drug-likeness (QED) is 0.0520. The lowest BCUT2D eigenvalue weighted by Gasteiger charge is -2.49. The van der Waals surface area contributed by atoms with Gasteiger partial charge < -0.3 is 56.5 Å². The number of nitrogens with one attached hydrogen (secondary N) is 1. The molecule has 1 saturated heterocycles. The first-order valence-corrected chi connectivity index (χ1v) is 18.0. The second kappa shape index (κ2) is 15.9. The van der Waals surface area contributed by atoms with E-state index in [1.165, 1.54) is 44.6 Å². The zero-order chi connectivity index (χ0) is 41.5. The second-order valence-corrected chi connectivity index (χ2v) is 14.0. The number of imide groups is 1. The number of nitrogens with zero attached hydrogens (tertiary/aromatic N) is 3. The number of hydrogen-bond donors (Lipinski definition) is 8. The molecular formula is C39H44N6O12. The number of methoxy groups -OCH3 is 1. The number of benzene rings is 2. The fraction of sp³-hybridized carbons (Fsp3) is 0.385. The third-order valence-electron chi connectivity index (χ3n) is 10.7. The van der Waals surface area contributed by atoms with Crippen molar-refractivity contribution < 1.29 is 58.9 Å². The van der Waals surface area contributed by atoms with Crippen molar-refractivity contribution in [2.75, 3.05) is 33.0 Å². The average molecular weight is 789 g/mol. The highest BCUT2D eigenvalue weighted by molar-refractivity contribution is 6.31. The molecule has 0 radical (unpaired) electrons. The lowest BCUT2D eigenvalue weighted by atomic mass is 9.75. The summed E-state index contributed by atoms with van der Waals surface area (Å²) in [7, 11) is 2.81. The van der Waals surface area contributed by atoms with Crippen molar-refractivity contribution in [2.24, 2.45) is 10.7 Å². The minimum Gasteiger partial charge on any atom is -0.507 e. The molecule has 2 aromatic carbocycles. The van der Waals surface area contributed by atoms with Gasteiger partial charge in [-0.15, -0.1) is 0 Å². The van der Waals surface area contributed by atoms with Gasteiger partial charge in [0.2, 0.25) is 12.1 Å². The minimum atomic E-state index is -2.44. The van der Waals surface area contributed by atoms with Crippen LogP contribution in [0.25, 0.3) is 0 Å². The van der Waals surface area contributed by atoms with Gasteiger partial charge >= 0.3 is 0 Å². The Hall–Kier alpha value is -5.92. The Morgan fingerprint density at radius 3 is 2.39 bits per heavy atom. The standard InChI is InChI=1S/C39H44N6O12/c1-5-20-23(55-4)12-24(31-29(20)32(49)21-10-17(2)22(14-44-38(41)42-3)33(50)30(21)34(31)51)56-37-35(52)36(53)39(54,25(16-46)57-37)13-19(18-8-9-43-26(40)11-18)15-45-27(47)6-7-28(45)48/h6-12,19,25,35-37,46,50,52-54H,5,13-16H2,1-4H3,(H2,40,43)(H3,41,42,44)/t19-,25-,35-,36-,37-,39-/m1/s1. The molecule has 57 heavy (non-hydrogen) atoms. The fourth-order valence-corrected chi connectivity index (χ4v) is 7.67. The van der Waals surface area contributed by atoms with E-state index in [2.05, 4.69) is 15.3 Å². The first kappa shape index (κ1) is 40.7. The lowest BCUT2D eigenvalue weighted by molar-refractivity contribution is -0.315. The zero-order valence-electron chi connectivity index (χ0n) is 31.6. The average Bonchev–Trinajstić information content (AvgIpc) is 3.51. The summed E-state index contributed by atoms with van der Waals surface area (Å²) in [5.74, 6) is -4.05. The molecule has 6 atom stereocenters. The number of amides is 2. The summed E-state index contributed by atoms with van der Waals surface area (Å²) in [6.45, 7) is 2.17. The number of fused-ring (bicyclic) bond motifs is 2. The maximum absolute atomic E-state index is 14.5. The Balaban J connectivity index is 1.37. The lowest BCUT2D eigenvalue weighted by Crippen LogP contribution is -2.68. The number of nitrogen functional groups attached to an aromatic ring is 1. The maximum atomic E-state index is 14.5. The number of aromatic nitrogens is 1. The Morgan fingerprint density at radius 1 is 1.07 bits per heavy atom. The van der Waals surface area contributed by atoms with Crippen molar-refractivity contribution >= 4 is 35.2 Å². The number of aliphatic imine (C=N–C) groups is 1. The largest absolute Gasteiger partial charge is 0.507 e. The normalized spacial score (nSPS) is 23.7. The summed E-state index contributed by atoms with van der Waals surface area (Å²) >= 11 is 0. The van der Waals surface area contributed by atoms with Gasteiger partial charge in [0.25, 0.3) is 11.8 Å². The van der Waals surface area contributed by atoms with E-state index in [9.17, 15) is 44.7 Å². The number of aromatic hydroxyl groups is 1. The van der Waals surface area contributed by atoms with Crippen LogP contribution in [0.5, 0.6) is 17.2 Å². The SMILES string of the molecule is CCc1c(OC)cc(O[C@@H]2O[C@H](CO)[C@](O)(C[C@H](CN3C(=O)C=CC3=O)c3ccnc(N)c3)[C@H](O)[C@H]2O)c2c1C(=O)c1cc(C)c(CNC(N)=NC)c(O)c1C2=O. The number of pyridine rings is 1. The predicted octanol–water partition coefficient (Wildman–Crippen LogP) is -0.294. The van der Waals surface area contributed by atoms with Gasteiger partial charge in [-0.25, -0.2) is 4.98 Å². The molecule has 0 saturated carbocycles. The highest BCUT2D eigenvalue weighted by Crippen LogP contribution is 2.46. The first-order valence-electron chi connectivity index (χ1n) is 18.0. The number of anilines is 1. The number of carbonyl (C=O) groups excluding carboxylic acids is 4. The van der Waals surface area contributed by atoms with E-state index in [0.717, 1.165) is 17.1 Å². The third kappa shape index (κ3) is 7.17. The summed E-state index contributed by atoms with van der Waals surface area (Å²) < 4.78 is 17.6. The van der Waals surface area contributed by atoms with Gasteiger partial charge in [-0.1, -0.05) is 6.92 Å². The van der Waals surface area contributed by atoms with E-state index in [0.29, 0.717) is 16.7 Å². The molecule has 302 valence electrons. The van der Waals surface area contributed by atoms with Gasteiger partial charge in [-0.05, 0) is 49.1 Å². The van der Waals surface area contributed by atoms with Crippen LogP contribution >= 0.6 is 0 Å². The maximum Gasteiger partial charge on any atom is 0.253 e. The predicted molar refractivity (Wildman–Crippen MR) is 202 cm³/mol. The molecule has 3 heterocycles. The van der Waals surface area contributed by atoms with E-state index in [1.54, 1.807) is 13.8 Å². The Bertz CT molecular complexity index is 2190. The van der Waals surface area contributed by atoms with Gasteiger partial charge in [0, 0.05) is 72.7 Å². The monoisotopic (exact) mass is 788 g/mol. The number of hydrogen-bond acceptors (Lipinski definition) is 15. The molecule has 2 aliphatic heterocycles. The molecule has 0 unspecified atom stereocenters. The van der Waals surface area contributed by atoms with Gasteiger partial charge in [-0.2, -0.15) is 0 Å². The summed E-state index contributed by atoms with van der Waals surface area (Å²) in [6.07, 6.45) is -4.40. The molecule has 3 aromatic rings. The van der Waals surface area contributed by atoms with Crippen LogP contribution in [-0.2, 0) is 27.3 Å². The molecule has 1 aliphatic carbocycles. The molecule has 18 heteroatoms. The van der Waals surface area contributed by atoms with Crippen molar-refractivity contribution in [3.05, 3.63) is 87.1 Å². The molecule has 0 spiro atoms. The smallest absolute Gasteiger partial charge is 0.253 e. The van der Waals surface area contributed by atoms with Crippen LogP contribution < -0.4 is 26.3 Å². The highest BCUT2D eigenvalue weighted by atomic mass is 16.7. The molecule has 18 nitrogen and oxygen atoms in total. The number of phenolic OH excluding ortho intramolecular Hbond substituents is 1. The van der Waals surface area contributed by atoms with E-state index < -0.39 is 78.3 Å². The molecule has 10 N–H and O–H groups in total. The molecule has 2 amide bonds. The number of ketones is 2. The number of aliphatic hydroxyl groups excluding tert-OH is 3. The van der Waals surface area contributed by atoms with Crippen LogP contribution in [0.3, 0.4) is 0 Å². The molecule has 1 fully saturated rings. The Kier molecular flexibility index (Phi) is 11.4. The van der Waals surface area contributed by atoms with Crippen molar-refractivity contribution in [1.29, 1.82) is 0 Å². The van der Waals surface area contributed by atoms with E-state index in [4.69, 9.17) is 25.7 Å². The van der Waals surface area contributed by atoms with Crippen molar-refractivity contribution in [1.82, 2.24) is 15.2 Å². The van der Waals surface area contributed by atoms with Gasteiger partial charge in [0.1, 0.15) is 47.0 Å². The van der Waals surface area contributed by atoms with E-state index in [-0.39, 0.29) is 70.6 Å². The van der Waals surface area contributed by atoms with Crippen LogP contribution in [0.15, 0.2) is 47.6 Å². The molecule has 0 bridgehead atoms. The van der Waals surface area contributed by atoms with Crippen molar-refractivity contribution in [3.63, 3.8) is 0 Å². The number of ether oxygens (including phenoxy) is 3. The number of aryl methyl sites for hydroxylation is 1. The number of rotatable bonds is 12. The van der Waals surface area contributed by atoms with Crippen LogP contribution in [0.4, 0.5) is 5.82 Å². The summed E-state index contributed by atoms with van der Waals surface area (Å²) in [5, 5.41) is 60.1. The number of guanidine groups is 1. The van der Waals surface area contributed by atoms with Crippen LogP contribution in [0.2, 0.25) is 0 Å². The van der Waals surface area contributed by atoms with E-state index in [1.807, 2.05) is 0 Å². The van der Waals surface area contributed by atoms with Gasteiger partial charge in [0.05, 0.1) is 24.8 Å². The fourth-order valence-electron chi connectivity index (χ4n) is 7.67. The summed E-state index contributed by atoms with van der Waals surface area (Å²) in [5.41, 5.74) is 10.1. The number of carbonyl (C=O) groups is 4. The first-order chi connectivity index (χ1) is 27.1. The van der Waals surface area contributed by atoms with Gasteiger partial charge in [-0.3, -0.25) is 29.1 Å². The Morgan fingerprint density at radius 2 is 1.77 bits per heavy atom. The topological polar surface area (TPSA) is 290 Å². The van der Waals surface area contributed by atoms with Gasteiger partial charge in [0.15, 0.2) is 11.7 Å². The molecule has 1 aromatic heterocycles. The zero-order valence-corrected chi connectivity index (χ0v) is 31.6. The highest BCUT2D eigenvalue weighted by Gasteiger charge is 2.56. The Labute approximate surface area is 326 Å². The van der Waals surface area contributed by atoms with Crippen LogP contribution in [0, 0.1) is 6.92 Å². The molecular weight excluding hydrogens is 744 g/mol. The molecule has 6 rings (SSSR count). The third-order valence-corrected chi connectivity index (χ3v) is 10.7. The second-order valence-electron chi connectivity index (χ2n) is 14.0. The number of phenols is 1. The summed E-state index contributed by atoms with van der Waals surface area (Å²) in [6, 6.07) is 5.79. The van der Waals surface area contributed by atoms with Crippen LogP contribution in [0.1, 0.15) is 73.4 Å². The number of nitrogens with two attached hydrogens (primary N) is 2. The molecule has 3 aliphatic rings. The van der Waals surface area contributed by atoms with Crippen LogP contribution in [-0.4, -0.2) is 122 Å². The minimum absolute atomic E-state index is 0.0307. The van der Waals surface area contributed by atoms with E-state index >= 15 is 0 Å². The van der Waals surface area contributed by atoms with Crippen molar-refractivity contribution in [3.8, 4) is 17.2 Å².